The summed E-state index contributed by atoms with van der Waals surface area (Å²) in [6.07, 6.45) is 10.8. The van der Waals surface area contributed by atoms with Gasteiger partial charge in [0, 0.05) is 25.0 Å². The Labute approximate surface area is 79.8 Å². The molecule has 0 aromatic rings. The van der Waals surface area contributed by atoms with Gasteiger partial charge in [-0.1, -0.05) is 24.8 Å². The van der Waals surface area contributed by atoms with Crippen LogP contribution in [0.15, 0.2) is 41.6 Å². The summed E-state index contributed by atoms with van der Waals surface area (Å²) in [6.45, 7) is 6.85. The molecule has 0 aromatic carbocycles. The van der Waals surface area contributed by atoms with Crippen LogP contribution in [0.2, 0.25) is 0 Å². The van der Waals surface area contributed by atoms with E-state index in [1.807, 2.05) is 19.2 Å². The minimum absolute atomic E-state index is 0.360. The first kappa shape index (κ1) is 9.93. The molecule has 0 spiro atoms. The van der Waals surface area contributed by atoms with Gasteiger partial charge in [0.05, 0.1) is 0 Å². The van der Waals surface area contributed by atoms with Gasteiger partial charge < -0.3 is 5.32 Å². The molecule has 1 aliphatic heterocycles. The summed E-state index contributed by atoms with van der Waals surface area (Å²) in [7, 11) is 0. The van der Waals surface area contributed by atoms with Crippen LogP contribution in [0, 0.1) is 0 Å². The number of nitrogens with one attached hydrogen (secondary N) is 1. The molecular weight excluding hydrogens is 160 g/mol. The quantitative estimate of drug-likeness (QED) is 0.516. The van der Waals surface area contributed by atoms with Crippen molar-refractivity contribution in [1.29, 1.82) is 0 Å². The van der Waals surface area contributed by atoms with E-state index in [4.69, 9.17) is 0 Å². The van der Waals surface area contributed by atoms with Crippen LogP contribution in [0.25, 0.3) is 0 Å². The third-order valence-corrected chi connectivity index (χ3v) is 1.94. The Morgan fingerprint density at radius 1 is 1.62 bits per heavy atom. The van der Waals surface area contributed by atoms with Crippen LogP contribution in [-0.2, 0) is 0 Å². The molecule has 1 N–H and O–H groups in total. The summed E-state index contributed by atoms with van der Waals surface area (Å²) in [5.41, 5.74) is 1.04. The second kappa shape index (κ2) is 5.49. The highest BCUT2D eigenvalue weighted by atomic mass is 14.9. The van der Waals surface area contributed by atoms with Crippen molar-refractivity contribution in [1.82, 2.24) is 5.32 Å². The molecule has 1 unspecified atom stereocenters. The second-order valence-electron chi connectivity index (χ2n) is 3.00. The molecule has 0 radical (unpaired) electrons. The molecule has 0 amide bonds. The predicted octanol–water partition coefficient (Wildman–Crippen LogP) is 2.07. The third-order valence-electron chi connectivity index (χ3n) is 1.94. The average molecular weight is 176 g/mol. The molecular formula is C11H16N2. The third kappa shape index (κ3) is 3.38. The van der Waals surface area contributed by atoms with Crippen molar-refractivity contribution < 1.29 is 0 Å². The van der Waals surface area contributed by atoms with Crippen molar-refractivity contribution in [3.8, 4) is 0 Å². The molecule has 0 saturated carbocycles. The smallest absolute Gasteiger partial charge is 0.0366 e. The van der Waals surface area contributed by atoms with Crippen LogP contribution in [0.1, 0.15) is 13.3 Å². The molecule has 0 saturated heterocycles. The van der Waals surface area contributed by atoms with Gasteiger partial charge in [0.1, 0.15) is 0 Å². The minimum atomic E-state index is 0.360. The van der Waals surface area contributed by atoms with Crippen LogP contribution in [0.4, 0.5) is 0 Å². The van der Waals surface area contributed by atoms with Crippen molar-refractivity contribution in [3.63, 3.8) is 0 Å². The first-order valence-corrected chi connectivity index (χ1v) is 4.56. The summed E-state index contributed by atoms with van der Waals surface area (Å²) in [5, 5.41) is 3.34. The number of hydrogen-bond acceptors (Lipinski definition) is 2. The molecule has 1 aliphatic rings. The van der Waals surface area contributed by atoms with E-state index in [-0.39, 0.29) is 0 Å². The van der Waals surface area contributed by atoms with Gasteiger partial charge in [0.15, 0.2) is 0 Å². The second-order valence-corrected chi connectivity index (χ2v) is 3.00. The van der Waals surface area contributed by atoms with Crippen LogP contribution in [0.3, 0.4) is 0 Å². The SMILES string of the molecule is C=C(C=NC=CC)C1CC=CCN1. The fourth-order valence-electron chi connectivity index (χ4n) is 1.21. The van der Waals surface area contributed by atoms with Crippen molar-refractivity contribution in [2.75, 3.05) is 6.54 Å². The summed E-state index contributed by atoms with van der Waals surface area (Å²) in [4.78, 5) is 4.10. The molecule has 0 aliphatic carbocycles. The molecule has 0 bridgehead atoms. The van der Waals surface area contributed by atoms with Crippen LogP contribution < -0.4 is 5.32 Å². The van der Waals surface area contributed by atoms with Gasteiger partial charge in [0.2, 0.25) is 0 Å². The number of hydrogen-bond donors (Lipinski definition) is 1. The van der Waals surface area contributed by atoms with Crippen molar-refractivity contribution in [2.24, 2.45) is 4.99 Å². The fraction of sp³-hybridized carbons (Fsp3) is 0.364. The van der Waals surface area contributed by atoms with E-state index in [2.05, 4.69) is 29.0 Å². The zero-order valence-electron chi connectivity index (χ0n) is 8.03. The lowest BCUT2D eigenvalue weighted by Gasteiger charge is -2.19. The van der Waals surface area contributed by atoms with E-state index in [1.165, 1.54) is 0 Å². The van der Waals surface area contributed by atoms with Crippen LogP contribution >= 0.6 is 0 Å². The molecule has 0 fully saturated rings. The predicted molar refractivity (Wildman–Crippen MR) is 58.0 cm³/mol. The van der Waals surface area contributed by atoms with E-state index >= 15 is 0 Å². The Morgan fingerprint density at radius 2 is 2.46 bits per heavy atom. The number of aliphatic imine (C=N–C) groups is 1. The van der Waals surface area contributed by atoms with E-state index in [9.17, 15) is 0 Å². The summed E-state index contributed by atoms with van der Waals surface area (Å²) in [6, 6.07) is 0.360. The van der Waals surface area contributed by atoms with Gasteiger partial charge in [0.25, 0.3) is 0 Å². The lowest BCUT2D eigenvalue weighted by molar-refractivity contribution is 0.609. The largest absolute Gasteiger partial charge is 0.306 e. The minimum Gasteiger partial charge on any atom is -0.306 e. The standard InChI is InChI=1S/C11H16N2/c1-3-7-12-9-10(2)11-6-4-5-8-13-11/h3-5,7,9,11,13H,2,6,8H2,1H3. The summed E-state index contributed by atoms with van der Waals surface area (Å²) >= 11 is 0. The van der Waals surface area contributed by atoms with Crippen LogP contribution in [-0.4, -0.2) is 18.8 Å². The number of nitrogens with zero attached hydrogens (tertiary/aromatic N) is 1. The van der Waals surface area contributed by atoms with Gasteiger partial charge in [-0.15, -0.1) is 0 Å². The van der Waals surface area contributed by atoms with Gasteiger partial charge in [-0.05, 0) is 18.9 Å². The molecule has 2 nitrogen and oxygen atoms in total. The molecule has 2 heteroatoms. The molecule has 13 heavy (non-hydrogen) atoms. The molecule has 1 atom stereocenters. The zero-order chi connectivity index (χ0) is 9.52. The first-order chi connectivity index (χ1) is 6.34. The maximum Gasteiger partial charge on any atom is 0.0366 e. The Morgan fingerprint density at radius 3 is 3.08 bits per heavy atom. The highest BCUT2D eigenvalue weighted by Crippen LogP contribution is 2.06. The highest BCUT2D eigenvalue weighted by molar-refractivity contribution is 5.79. The molecule has 70 valence electrons. The first-order valence-electron chi connectivity index (χ1n) is 4.56. The van der Waals surface area contributed by atoms with E-state index in [0.717, 1.165) is 18.5 Å². The Kier molecular flexibility index (Phi) is 4.19. The fourth-order valence-corrected chi connectivity index (χ4v) is 1.21. The van der Waals surface area contributed by atoms with Gasteiger partial charge >= 0.3 is 0 Å². The van der Waals surface area contributed by atoms with Crippen molar-refractivity contribution in [2.45, 2.75) is 19.4 Å². The lowest BCUT2D eigenvalue weighted by atomic mass is 10.0. The average Bonchev–Trinajstić information content (AvgIpc) is 2.19. The Balaban J connectivity index is 2.43. The molecule has 1 heterocycles. The summed E-state index contributed by atoms with van der Waals surface area (Å²) < 4.78 is 0. The van der Waals surface area contributed by atoms with Gasteiger partial charge in [-0.2, -0.15) is 0 Å². The lowest BCUT2D eigenvalue weighted by Crippen LogP contribution is -2.33. The monoisotopic (exact) mass is 176 g/mol. The number of rotatable bonds is 3. The Hall–Kier alpha value is -1.15. The van der Waals surface area contributed by atoms with Gasteiger partial charge in [-0.25, -0.2) is 0 Å². The van der Waals surface area contributed by atoms with Gasteiger partial charge in [-0.3, -0.25) is 4.99 Å². The topological polar surface area (TPSA) is 24.4 Å². The van der Waals surface area contributed by atoms with Crippen LogP contribution in [0.5, 0.6) is 0 Å². The van der Waals surface area contributed by atoms with Crippen molar-refractivity contribution >= 4 is 6.21 Å². The highest BCUT2D eigenvalue weighted by Gasteiger charge is 2.09. The molecule has 0 aromatic heterocycles. The number of allylic oxidation sites excluding steroid dienone is 1. The van der Waals surface area contributed by atoms with E-state index in [1.54, 1.807) is 6.20 Å². The summed E-state index contributed by atoms with van der Waals surface area (Å²) in [5.74, 6) is 0. The maximum atomic E-state index is 4.10. The molecule has 1 rings (SSSR count). The van der Waals surface area contributed by atoms with E-state index in [0.29, 0.717) is 6.04 Å². The van der Waals surface area contributed by atoms with E-state index < -0.39 is 0 Å². The normalized spacial score (nSPS) is 23.0. The van der Waals surface area contributed by atoms with Crippen molar-refractivity contribution in [3.05, 3.63) is 36.6 Å². The zero-order valence-corrected chi connectivity index (χ0v) is 8.03. The Bertz CT molecular complexity index is 249. The maximum absolute atomic E-state index is 4.10.